The van der Waals surface area contributed by atoms with Crippen LogP contribution in [-0.2, 0) is 11.2 Å². The molecule has 0 saturated heterocycles. The molecule has 0 saturated carbocycles. The summed E-state index contributed by atoms with van der Waals surface area (Å²) in [5, 5.41) is 0.621. The van der Waals surface area contributed by atoms with Gasteiger partial charge in [-0.15, -0.1) is 0 Å². The first-order valence-electron chi connectivity index (χ1n) is 6.43. The Morgan fingerprint density at radius 2 is 2.10 bits per heavy atom. The molecule has 0 bridgehead atoms. The van der Waals surface area contributed by atoms with Crippen LogP contribution in [0.4, 0.5) is 0 Å². The smallest absolute Gasteiger partial charge is 0.228 e. The molecule has 0 aliphatic rings. The number of aromatic nitrogens is 2. The Morgan fingerprint density at radius 3 is 2.80 bits per heavy atom. The molecule has 1 aromatic heterocycles. The van der Waals surface area contributed by atoms with Gasteiger partial charge in [-0.3, -0.25) is 4.79 Å². The van der Waals surface area contributed by atoms with E-state index in [0.717, 1.165) is 30.3 Å². The van der Waals surface area contributed by atoms with Gasteiger partial charge in [-0.2, -0.15) is 8.75 Å². The molecule has 106 valence electrons. The van der Waals surface area contributed by atoms with E-state index in [2.05, 4.69) is 8.75 Å². The van der Waals surface area contributed by atoms with Crippen LogP contribution in [0, 0.1) is 0 Å². The summed E-state index contributed by atoms with van der Waals surface area (Å²) < 4.78 is 8.52. The van der Waals surface area contributed by atoms with Gasteiger partial charge in [0.1, 0.15) is 5.69 Å². The fourth-order valence-electron chi connectivity index (χ4n) is 1.92. The van der Waals surface area contributed by atoms with Gasteiger partial charge in [0.2, 0.25) is 5.91 Å². The number of nitrogens with zero attached hydrogens (tertiary/aromatic N) is 3. The lowest BCUT2D eigenvalue weighted by Crippen LogP contribution is -2.29. The van der Waals surface area contributed by atoms with E-state index in [0.29, 0.717) is 16.4 Å². The average Bonchev–Trinajstić information content (AvgIpc) is 2.87. The molecular weight excluding hydrogens is 294 g/mol. The average molecular weight is 310 g/mol. The fourth-order valence-corrected chi connectivity index (χ4v) is 2.72. The molecule has 1 aromatic carbocycles. The highest BCUT2D eigenvalue weighted by atomic mass is 35.5. The largest absolute Gasteiger partial charge is 0.345 e. The first-order chi connectivity index (χ1) is 9.63. The van der Waals surface area contributed by atoms with E-state index >= 15 is 0 Å². The Hall–Kier alpha value is -1.46. The molecule has 2 aromatic rings. The van der Waals surface area contributed by atoms with E-state index in [9.17, 15) is 4.79 Å². The van der Waals surface area contributed by atoms with Gasteiger partial charge in [0.15, 0.2) is 0 Å². The lowest BCUT2D eigenvalue weighted by Gasteiger charge is -2.15. The highest BCUT2D eigenvalue weighted by Gasteiger charge is 2.17. The van der Waals surface area contributed by atoms with Crippen LogP contribution >= 0.6 is 23.3 Å². The molecule has 2 rings (SSSR count). The van der Waals surface area contributed by atoms with Crippen molar-refractivity contribution in [2.24, 2.45) is 0 Å². The fraction of sp³-hybridized carbons (Fsp3) is 0.357. The highest BCUT2D eigenvalue weighted by molar-refractivity contribution is 6.99. The molecule has 4 nitrogen and oxygen atoms in total. The lowest BCUT2D eigenvalue weighted by molar-refractivity contribution is -0.129. The number of carbonyl (C=O) groups is 1. The third kappa shape index (κ3) is 3.35. The topological polar surface area (TPSA) is 46.1 Å². The quantitative estimate of drug-likeness (QED) is 0.851. The van der Waals surface area contributed by atoms with Crippen molar-refractivity contribution in [1.82, 2.24) is 13.6 Å². The van der Waals surface area contributed by atoms with Gasteiger partial charge < -0.3 is 4.90 Å². The number of rotatable bonds is 5. The van der Waals surface area contributed by atoms with Crippen LogP contribution in [0.1, 0.15) is 19.0 Å². The van der Waals surface area contributed by atoms with Crippen LogP contribution in [0.3, 0.4) is 0 Å². The van der Waals surface area contributed by atoms with E-state index in [4.69, 9.17) is 11.6 Å². The molecule has 0 aliphatic carbocycles. The molecule has 0 fully saturated rings. The van der Waals surface area contributed by atoms with Crippen molar-refractivity contribution in [2.45, 2.75) is 19.8 Å². The van der Waals surface area contributed by atoms with Crippen LogP contribution < -0.4 is 0 Å². The van der Waals surface area contributed by atoms with Gasteiger partial charge in [-0.25, -0.2) is 0 Å². The predicted molar refractivity (Wildman–Crippen MR) is 82.0 cm³/mol. The second-order valence-corrected chi connectivity index (χ2v) is 5.47. The van der Waals surface area contributed by atoms with Crippen molar-refractivity contribution >= 4 is 29.2 Å². The number of carbonyl (C=O) groups excluding carboxylic acids is 1. The van der Waals surface area contributed by atoms with Gasteiger partial charge in [0, 0.05) is 19.2 Å². The second kappa shape index (κ2) is 6.81. The van der Waals surface area contributed by atoms with Gasteiger partial charge in [0.05, 0.1) is 28.9 Å². The van der Waals surface area contributed by atoms with Crippen molar-refractivity contribution in [3.8, 4) is 11.3 Å². The summed E-state index contributed by atoms with van der Waals surface area (Å²) in [7, 11) is 1.81. The first kappa shape index (κ1) is 14.9. The molecule has 20 heavy (non-hydrogen) atoms. The van der Waals surface area contributed by atoms with E-state index in [1.54, 1.807) is 11.9 Å². The molecular formula is C14H16ClN3OS. The van der Waals surface area contributed by atoms with E-state index < -0.39 is 0 Å². The number of hydrogen-bond acceptors (Lipinski definition) is 4. The minimum Gasteiger partial charge on any atom is -0.345 e. The molecule has 0 N–H and O–H groups in total. The van der Waals surface area contributed by atoms with E-state index in [1.807, 2.05) is 31.2 Å². The van der Waals surface area contributed by atoms with E-state index in [-0.39, 0.29) is 12.3 Å². The summed E-state index contributed by atoms with van der Waals surface area (Å²) >= 11 is 7.29. The van der Waals surface area contributed by atoms with Crippen molar-refractivity contribution in [3.63, 3.8) is 0 Å². The molecule has 1 amide bonds. The van der Waals surface area contributed by atoms with Crippen molar-refractivity contribution in [3.05, 3.63) is 35.0 Å². The standard InChI is InChI=1S/C14H16ClN3OS/c1-3-8-18(2)13(19)9-12-14(17-20-16-12)10-6-4-5-7-11(10)15/h4-7H,3,8-9H2,1-2H3. The molecule has 0 unspecified atom stereocenters. The normalized spacial score (nSPS) is 10.6. The van der Waals surface area contributed by atoms with Crippen LogP contribution in [0.25, 0.3) is 11.3 Å². The summed E-state index contributed by atoms with van der Waals surface area (Å²) in [4.78, 5) is 13.8. The Bertz CT molecular complexity index is 600. The zero-order valence-corrected chi connectivity index (χ0v) is 13.0. The second-order valence-electron chi connectivity index (χ2n) is 4.53. The van der Waals surface area contributed by atoms with Crippen molar-refractivity contribution < 1.29 is 4.79 Å². The summed E-state index contributed by atoms with van der Waals surface area (Å²) in [6, 6.07) is 7.47. The maximum absolute atomic E-state index is 12.1. The van der Waals surface area contributed by atoms with Gasteiger partial charge in [-0.05, 0) is 12.5 Å². The number of likely N-dealkylation sites (N-methyl/N-ethyl adjacent to an activating group) is 1. The number of halogens is 1. The molecule has 0 radical (unpaired) electrons. The summed E-state index contributed by atoms with van der Waals surface area (Å²) in [6.07, 6.45) is 1.20. The predicted octanol–water partition coefficient (Wildman–Crippen LogP) is 3.27. The third-order valence-electron chi connectivity index (χ3n) is 2.99. The molecule has 0 aliphatic heterocycles. The van der Waals surface area contributed by atoms with Gasteiger partial charge >= 0.3 is 0 Å². The van der Waals surface area contributed by atoms with E-state index in [1.165, 1.54) is 0 Å². The Labute approximate surface area is 127 Å². The Kier molecular flexibility index (Phi) is 5.09. The van der Waals surface area contributed by atoms with Crippen molar-refractivity contribution in [2.75, 3.05) is 13.6 Å². The van der Waals surface area contributed by atoms with Crippen LogP contribution in [0.15, 0.2) is 24.3 Å². The van der Waals surface area contributed by atoms with Crippen molar-refractivity contribution in [1.29, 1.82) is 0 Å². The highest BCUT2D eigenvalue weighted by Crippen LogP contribution is 2.29. The number of benzene rings is 1. The summed E-state index contributed by atoms with van der Waals surface area (Å²) in [5.41, 5.74) is 2.22. The summed E-state index contributed by atoms with van der Waals surface area (Å²) in [5.74, 6) is 0.0489. The van der Waals surface area contributed by atoms with Crippen LogP contribution in [0.5, 0.6) is 0 Å². The number of amides is 1. The zero-order valence-electron chi connectivity index (χ0n) is 11.5. The Morgan fingerprint density at radius 1 is 1.35 bits per heavy atom. The van der Waals surface area contributed by atoms with Gasteiger partial charge in [-0.1, -0.05) is 36.7 Å². The molecule has 0 atom stereocenters. The maximum atomic E-state index is 12.1. The minimum absolute atomic E-state index is 0.0489. The lowest BCUT2D eigenvalue weighted by atomic mass is 10.1. The zero-order chi connectivity index (χ0) is 14.5. The maximum Gasteiger partial charge on any atom is 0.228 e. The summed E-state index contributed by atoms with van der Waals surface area (Å²) in [6.45, 7) is 2.79. The molecule has 6 heteroatoms. The van der Waals surface area contributed by atoms with Crippen LogP contribution in [0.2, 0.25) is 5.02 Å². The molecule has 0 spiro atoms. The van der Waals surface area contributed by atoms with Gasteiger partial charge in [0.25, 0.3) is 0 Å². The SMILES string of the molecule is CCCN(C)C(=O)Cc1nsnc1-c1ccccc1Cl. The molecule has 1 heterocycles. The monoisotopic (exact) mass is 309 g/mol. The minimum atomic E-state index is 0.0489. The number of hydrogen-bond donors (Lipinski definition) is 0. The first-order valence-corrected chi connectivity index (χ1v) is 7.54. The van der Waals surface area contributed by atoms with Crippen LogP contribution in [-0.4, -0.2) is 33.1 Å². The Balaban J connectivity index is 2.22. The third-order valence-corrected chi connectivity index (χ3v) is 3.88.